The predicted octanol–water partition coefficient (Wildman–Crippen LogP) is 3.63. The minimum absolute atomic E-state index is 0.116. The molecule has 4 aromatic rings. The molecule has 0 atom stereocenters. The second-order valence-corrected chi connectivity index (χ2v) is 7.62. The SMILES string of the molecule is COCCn1c(=NC(=O)c2cc3cccc(OC)c3o2)sc2cc(C(=O)OC)ccc21. The van der Waals surface area contributed by atoms with Crippen LogP contribution >= 0.6 is 11.3 Å². The van der Waals surface area contributed by atoms with Crippen molar-refractivity contribution >= 4 is 44.4 Å². The third-order valence-electron chi connectivity index (χ3n) is 4.76. The van der Waals surface area contributed by atoms with Crippen LogP contribution in [0.2, 0.25) is 0 Å². The summed E-state index contributed by atoms with van der Waals surface area (Å²) in [5.74, 6) is -0.275. The molecule has 2 aromatic heterocycles. The van der Waals surface area contributed by atoms with Crippen LogP contribution in [0, 0.1) is 0 Å². The summed E-state index contributed by atoms with van der Waals surface area (Å²) >= 11 is 1.30. The van der Waals surface area contributed by atoms with E-state index >= 15 is 0 Å². The molecule has 0 saturated heterocycles. The number of para-hydroxylation sites is 1. The van der Waals surface area contributed by atoms with E-state index in [1.807, 2.05) is 22.8 Å². The van der Waals surface area contributed by atoms with Gasteiger partial charge in [-0.05, 0) is 30.3 Å². The number of amides is 1. The zero-order chi connectivity index (χ0) is 22.0. The highest BCUT2D eigenvalue weighted by Gasteiger charge is 2.16. The third-order valence-corrected chi connectivity index (χ3v) is 5.80. The number of hydrogen-bond acceptors (Lipinski definition) is 7. The summed E-state index contributed by atoms with van der Waals surface area (Å²) < 4.78 is 23.7. The van der Waals surface area contributed by atoms with E-state index in [1.165, 1.54) is 18.4 Å². The Morgan fingerprint density at radius 2 is 1.97 bits per heavy atom. The topological polar surface area (TPSA) is 92.3 Å². The van der Waals surface area contributed by atoms with Crippen molar-refractivity contribution in [2.24, 2.45) is 4.99 Å². The summed E-state index contributed by atoms with van der Waals surface area (Å²) in [6.07, 6.45) is 0. The second-order valence-electron chi connectivity index (χ2n) is 6.61. The molecule has 0 spiro atoms. The molecule has 2 aromatic carbocycles. The molecule has 0 fully saturated rings. The number of furan rings is 1. The fourth-order valence-electron chi connectivity index (χ4n) is 3.25. The Bertz CT molecular complexity index is 1350. The fraction of sp³-hybridized carbons (Fsp3) is 0.227. The number of carbonyl (C=O) groups excluding carboxylic acids is 2. The van der Waals surface area contributed by atoms with Crippen LogP contribution in [0.15, 0.2) is 51.9 Å². The van der Waals surface area contributed by atoms with E-state index in [-0.39, 0.29) is 5.76 Å². The van der Waals surface area contributed by atoms with Crippen LogP contribution in [0.5, 0.6) is 5.75 Å². The van der Waals surface area contributed by atoms with E-state index < -0.39 is 11.9 Å². The smallest absolute Gasteiger partial charge is 0.337 e. The first-order valence-corrected chi connectivity index (χ1v) is 10.2. The minimum Gasteiger partial charge on any atom is -0.493 e. The lowest BCUT2D eigenvalue weighted by Crippen LogP contribution is -2.19. The first-order valence-electron chi connectivity index (χ1n) is 9.42. The molecule has 0 radical (unpaired) electrons. The van der Waals surface area contributed by atoms with E-state index in [9.17, 15) is 9.59 Å². The zero-order valence-electron chi connectivity index (χ0n) is 17.2. The Kier molecular flexibility index (Phi) is 5.88. The van der Waals surface area contributed by atoms with Gasteiger partial charge in [0.1, 0.15) is 0 Å². The van der Waals surface area contributed by atoms with Gasteiger partial charge in [-0.25, -0.2) is 4.79 Å². The van der Waals surface area contributed by atoms with Crippen molar-refractivity contribution in [1.29, 1.82) is 0 Å². The second kappa shape index (κ2) is 8.75. The highest BCUT2D eigenvalue weighted by Crippen LogP contribution is 2.28. The average Bonchev–Trinajstić information content (AvgIpc) is 3.37. The molecular weight excluding hydrogens is 420 g/mol. The maximum Gasteiger partial charge on any atom is 0.337 e. The molecule has 0 aliphatic rings. The summed E-state index contributed by atoms with van der Waals surface area (Å²) in [4.78, 5) is 29.6. The fourth-order valence-corrected chi connectivity index (χ4v) is 4.34. The van der Waals surface area contributed by atoms with Crippen LogP contribution in [0.4, 0.5) is 0 Å². The Labute approximate surface area is 181 Å². The zero-order valence-corrected chi connectivity index (χ0v) is 18.0. The first kappa shape index (κ1) is 20.8. The first-order chi connectivity index (χ1) is 15.0. The summed E-state index contributed by atoms with van der Waals surface area (Å²) in [6, 6.07) is 12.3. The van der Waals surface area contributed by atoms with Gasteiger partial charge in [-0.1, -0.05) is 23.5 Å². The van der Waals surface area contributed by atoms with Gasteiger partial charge in [-0.3, -0.25) is 4.79 Å². The van der Waals surface area contributed by atoms with Crippen LogP contribution in [-0.2, 0) is 16.0 Å². The van der Waals surface area contributed by atoms with E-state index in [4.69, 9.17) is 18.6 Å². The molecule has 8 nitrogen and oxygen atoms in total. The predicted molar refractivity (Wildman–Crippen MR) is 116 cm³/mol. The van der Waals surface area contributed by atoms with Gasteiger partial charge in [0.15, 0.2) is 21.9 Å². The monoisotopic (exact) mass is 440 g/mol. The number of thiazole rings is 1. The molecular formula is C22H20N2O6S. The van der Waals surface area contributed by atoms with Crippen molar-refractivity contribution in [3.05, 3.63) is 58.6 Å². The number of esters is 1. The molecule has 0 aliphatic carbocycles. The third kappa shape index (κ3) is 3.97. The number of methoxy groups -OCH3 is 3. The Balaban J connectivity index is 1.81. The van der Waals surface area contributed by atoms with E-state index in [0.717, 1.165) is 15.6 Å². The Morgan fingerprint density at radius 1 is 1.13 bits per heavy atom. The summed E-state index contributed by atoms with van der Waals surface area (Å²) in [7, 11) is 4.48. The average molecular weight is 440 g/mol. The van der Waals surface area contributed by atoms with Crippen molar-refractivity contribution in [3.8, 4) is 5.75 Å². The van der Waals surface area contributed by atoms with Crippen molar-refractivity contribution < 1.29 is 28.2 Å². The molecule has 0 aliphatic heterocycles. The van der Waals surface area contributed by atoms with Crippen molar-refractivity contribution in [3.63, 3.8) is 0 Å². The molecule has 31 heavy (non-hydrogen) atoms. The molecule has 0 saturated carbocycles. The van der Waals surface area contributed by atoms with Crippen LogP contribution in [0.25, 0.3) is 21.2 Å². The van der Waals surface area contributed by atoms with Gasteiger partial charge < -0.3 is 23.2 Å². The lowest BCUT2D eigenvalue weighted by Gasteiger charge is -2.04. The number of fused-ring (bicyclic) bond motifs is 2. The molecule has 4 rings (SSSR count). The van der Waals surface area contributed by atoms with Gasteiger partial charge >= 0.3 is 11.9 Å². The maximum absolute atomic E-state index is 12.9. The standard InChI is InChI=1S/C22H20N2O6S/c1-27-10-9-24-15-8-7-14(21(26)29-3)12-18(15)31-22(24)23-20(25)17-11-13-5-4-6-16(28-2)19(13)30-17/h4-8,11-12H,9-10H2,1-3H3. The number of rotatable bonds is 6. The largest absolute Gasteiger partial charge is 0.493 e. The van der Waals surface area contributed by atoms with E-state index in [0.29, 0.717) is 34.8 Å². The summed E-state index contributed by atoms with van der Waals surface area (Å²) in [5, 5.41) is 0.754. The summed E-state index contributed by atoms with van der Waals surface area (Å²) in [6.45, 7) is 0.932. The summed E-state index contributed by atoms with van der Waals surface area (Å²) in [5.41, 5.74) is 1.76. The van der Waals surface area contributed by atoms with Gasteiger partial charge in [0.05, 0.1) is 36.6 Å². The van der Waals surface area contributed by atoms with E-state index in [2.05, 4.69) is 4.99 Å². The lowest BCUT2D eigenvalue weighted by molar-refractivity contribution is 0.0600. The number of hydrogen-bond donors (Lipinski definition) is 0. The molecule has 1 amide bonds. The molecule has 2 heterocycles. The van der Waals surface area contributed by atoms with Gasteiger partial charge in [-0.15, -0.1) is 0 Å². The molecule has 0 bridgehead atoms. The number of carbonyl (C=O) groups is 2. The van der Waals surface area contributed by atoms with Gasteiger partial charge in [0.2, 0.25) is 0 Å². The molecule has 160 valence electrons. The number of nitrogens with zero attached hydrogens (tertiary/aromatic N) is 2. The van der Waals surface area contributed by atoms with Crippen LogP contribution < -0.4 is 9.54 Å². The van der Waals surface area contributed by atoms with Crippen molar-refractivity contribution in [2.75, 3.05) is 27.9 Å². The highest BCUT2D eigenvalue weighted by atomic mass is 32.1. The molecule has 0 unspecified atom stereocenters. The van der Waals surface area contributed by atoms with Gasteiger partial charge in [0, 0.05) is 19.0 Å². The number of ether oxygens (including phenoxy) is 3. The number of aromatic nitrogens is 1. The van der Waals surface area contributed by atoms with Crippen LogP contribution in [0.3, 0.4) is 0 Å². The van der Waals surface area contributed by atoms with E-state index in [1.54, 1.807) is 38.5 Å². The van der Waals surface area contributed by atoms with Crippen LogP contribution in [0.1, 0.15) is 20.9 Å². The Morgan fingerprint density at radius 3 is 2.71 bits per heavy atom. The quantitative estimate of drug-likeness (QED) is 0.425. The normalized spacial score (nSPS) is 11.9. The van der Waals surface area contributed by atoms with Crippen molar-refractivity contribution in [1.82, 2.24) is 4.57 Å². The van der Waals surface area contributed by atoms with Gasteiger partial charge in [-0.2, -0.15) is 4.99 Å². The van der Waals surface area contributed by atoms with Gasteiger partial charge in [0.25, 0.3) is 0 Å². The number of benzene rings is 2. The molecule has 9 heteroatoms. The maximum atomic E-state index is 12.9. The minimum atomic E-state index is -0.510. The molecule has 0 N–H and O–H groups in total. The highest BCUT2D eigenvalue weighted by molar-refractivity contribution is 7.16. The van der Waals surface area contributed by atoms with Crippen LogP contribution in [-0.4, -0.2) is 44.4 Å². The lowest BCUT2D eigenvalue weighted by atomic mass is 10.2. The Hall–Kier alpha value is -3.43. The van der Waals surface area contributed by atoms with Crippen molar-refractivity contribution in [2.45, 2.75) is 6.54 Å².